The van der Waals surface area contributed by atoms with Gasteiger partial charge < -0.3 is 20.4 Å². The highest BCUT2D eigenvalue weighted by molar-refractivity contribution is 4.95. The van der Waals surface area contributed by atoms with Gasteiger partial charge in [0.05, 0.1) is 12.2 Å². The molecular weight excluding hydrogens is 136 g/mol. The lowest BCUT2D eigenvalue weighted by Gasteiger charge is -2.45. The predicted octanol–water partition coefficient (Wildman–Crippen LogP) is -1.72. The lowest BCUT2D eigenvalue weighted by molar-refractivity contribution is -0.231. The number of rotatable bonds is 1. The summed E-state index contributed by atoms with van der Waals surface area (Å²) in [7, 11) is 0. The van der Waals surface area contributed by atoms with E-state index in [-0.39, 0.29) is 5.92 Å². The molecule has 0 saturated heterocycles. The molecule has 0 amide bonds. The second kappa shape index (κ2) is 2.47. The van der Waals surface area contributed by atoms with Crippen LogP contribution in [0.4, 0.5) is 0 Å². The van der Waals surface area contributed by atoms with Gasteiger partial charge in [0, 0.05) is 5.92 Å². The van der Waals surface area contributed by atoms with Crippen LogP contribution in [-0.2, 0) is 0 Å². The molecule has 4 heteroatoms. The van der Waals surface area contributed by atoms with Gasteiger partial charge in [0.2, 0.25) is 0 Å². The molecule has 0 bridgehead atoms. The Morgan fingerprint density at radius 1 is 1.10 bits per heavy atom. The van der Waals surface area contributed by atoms with Gasteiger partial charge in [-0.05, 0) is 5.92 Å². The molecule has 4 atom stereocenters. The highest BCUT2D eigenvalue weighted by atomic mass is 16.5. The molecule has 1 aliphatic carbocycles. The van der Waals surface area contributed by atoms with Crippen molar-refractivity contribution in [2.75, 3.05) is 0 Å². The van der Waals surface area contributed by atoms with Gasteiger partial charge in [-0.15, -0.1) is 0 Å². The van der Waals surface area contributed by atoms with Crippen LogP contribution in [0.1, 0.15) is 6.92 Å². The molecule has 1 saturated carbocycles. The fraction of sp³-hybridized carbons (Fsp3) is 1.00. The van der Waals surface area contributed by atoms with Gasteiger partial charge in [0.1, 0.15) is 0 Å². The summed E-state index contributed by atoms with van der Waals surface area (Å²) >= 11 is 0. The van der Waals surface area contributed by atoms with Crippen LogP contribution in [0.25, 0.3) is 0 Å². The van der Waals surface area contributed by atoms with E-state index in [1.165, 1.54) is 0 Å². The minimum Gasteiger partial charge on any atom is -0.390 e. The van der Waals surface area contributed by atoms with E-state index in [9.17, 15) is 0 Å². The molecule has 0 radical (unpaired) electrons. The van der Waals surface area contributed by atoms with Crippen molar-refractivity contribution in [3.8, 4) is 0 Å². The van der Waals surface area contributed by atoms with Crippen LogP contribution in [0, 0.1) is 11.8 Å². The number of aliphatic hydroxyl groups excluding tert-OH is 3. The first-order valence-corrected chi connectivity index (χ1v) is 3.28. The van der Waals surface area contributed by atoms with E-state index < -0.39 is 24.4 Å². The molecule has 0 aromatic rings. The highest BCUT2D eigenvalue weighted by Crippen LogP contribution is 2.36. The molecule has 0 aliphatic heterocycles. The molecule has 0 aromatic heterocycles. The van der Waals surface area contributed by atoms with Crippen molar-refractivity contribution in [1.29, 1.82) is 0 Å². The van der Waals surface area contributed by atoms with Gasteiger partial charge in [-0.2, -0.15) is 0 Å². The molecule has 4 unspecified atom stereocenters. The third-order valence-electron chi connectivity index (χ3n) is 2.23. The summed E-state index contributed by atoms with van der Waals surface area (Å²) in [5, 5.41) is 35.1. The van der Waals surface area contributed by atoms with Gasteiger partial charge >= 0.3 is 0 Å². The van der Waals surface area contributed by atoms with Crippen LogP contribution in [0.5, 0.6) is 0 Å². The number of hydrogen-bond acceptors (Lipinski definition) is 4. The summed E-state index contributed by atoms with van der Waals surface area (Å²) in [5.74, 6) is -0.815. The van der Waals surface area contributed by atoms with Crippen molar-refractivity contribution in [2.24, 2.45) is 11.8 Å². The average Bonchev–Trinajstić information content (AvgIpc) is 1.87. The summed E-state index contributed by atoms with van der Waals surface area (Å²) in [5.41, 5.74) is 0. The summed E-state index contributed by atoms with van der Waals surface area (Å²) in [4.78, 5) is 0. The summed E-state index contributed by atoms with van der Waals surface area (Å²) < 4.78 is 0. The van der Waals surface area contributed by atoms with Gasteiger partial charge in [-0.25, -0.2) is 0 Å². The quantitative estimate of drug-likeness (QED) is 0.334. The largest absolute Gasteiger partial charge is 0.390 e. The lowest BCUT2D eigenvalue weighted by atomic mass is 9.69. The molecule has 4 N–H and O–H groups in total. The molecule has 0 heterocycles. The number of hydrogen-bond donors (Lipinski definition) is 4. The van der Waals surface area contributed by atoms with Crippen LogP contribution in [0.2, 0.25) is 0 Å². The third-order valence-corrected chi connectivity index (χ3v) is 2.23. The van der Waals surface area contributed by atoms with Crippen molar-refractivity contribution in [2.45, 2.75) is 25.4 Å². The predicted molar refractivity (Wildman–Crippen MR) is 32.9 cm³/mol. The minimum atomic E-state index is -1.52. The smallest absolute Gasteiger partial charge is 0.157 e. The van der Waals surface area contributed by atoms with E-state index in [4.69, 9.17) is 20.4 Å². The highest BCUT2D eigenvalue weighted by Gasteiger charge is 2.49. The van der Waals surface area contributed by atoms with Gasteiger partial charge in [0.15, 0.2) is 6.29 Å². The van der Waals surface area contributed by atoms with Crippen molar-refractivity contribution in [3.63, 3.8) is 0 Å². The van der Waals surface area contributed by atoms with Crippen LogP contribution in [0.3, 0.4) is 0 Å². The monoisotopic (exact) mass is 148 g/mol. The molecule has 0 spiro atoms. The van der Waals surface area contributed by atoms with E-state index in [2.05, 4.69) is 0 Å². The Balaban J connectivity index is 2.49. The Morgan fingerprint density at radius 2 is 1.60 bits per heavy atom. The zero-order valence-corrected chi connectivity index (χ0v) is 5.68. The Kier molecular flexibility index (Phi) is 1.96. The van der Waals surface area contributed by atoms with Crippen molar-refractivity contribution < 1.29 is 20.4 Å². The molecule has 1 rings (SSSR count). The Bertz CT molecular complexity index is 115. The first kappa shape index (κ1) is 7.94. The Morgan fingerprint density at radius 3 is 1.80 bits per heavy atom. The molecule has 4 nitrogen and oxygen atoms in total. The zero-order valence-electron chi connectivity index (χ0n) is 5.68. The molecule has 0 aromatic carbocycles. The first-order valence-electron chi connectivity index (χ1n) is 3.28. The summed E-state index contributed by atoms with van der Waals surface area (Å²) in [6.45, 7) is 1.67. The Hall–Kier alpha value is -0.160. The fourth-order valence-electron chi connectivity index (χ4n) is 1.38. The van der Waals surface area contributed by atoms with Gasteiger partial charge in [-0.3, -0.25) is 0 Å². The van der Waals surface area contributed by atoms with Crippen LogP contribution in [-0.4, -0.2) is 38.9 Å². The molecule has 60 valence electrons. The zero-order chi connectivity index (χ0) is 7.89. The van der Waals surface area contributed by atoms with Gasteiger partial charge in [-0.1, -0.05) is 6.92 Å². The average molecular weight is 148 g/mol. The SMILES string of the molecule is CC1C(O)C(O)C1C(O)O. The molecule has 1 aliphatic rings. The number of aliphatic hydroxyl groups is 4. The van der Waals surface area contributed by atoms with E-state index in [0.29, 0.717) is 0 Å². The van der Waals surface area contributed by atoms with E-state index >= 15 is 0 Å². The van der Waals surface area contributed by atoms with Crippen LogP contribution in [0.15, 0.2) is 0 Å². The third kappa shape index (κ3) is 0.932. The molecule has 10 heavy (non-hydrogen) atoms. The van der Waals surface area contributed by atoms with E-state index in [1.807, 2.05) is 0 Å². The van der Waals surface area contributed by atoms with Crippen LogP contribution >= 0.6 is 0 Å². The van der Waals surface area contributed by atoms with Gasteiger partial charge in [0.25, 0.3) is 0 Å². The maximum Gasteiger partial charge on any atom is 0.157 e. The molecule has 1 fully saturated rings. The summed E-state index contributed by atoms with van der Waals surface area (Å²) in [6, 6.07) is 0. The molecular formula is C6H12O4. The second-order valence-corrected chi connectivity index (χ2v) is 2.83. The maximum absolute atomic E-state index is 8.95. The van der Waals surface area contributed by atoms with E-state index in [1.54, 1.807) is 6.92 Å². The first-order chi connectivity index (χ1) is 4.55. The van der Waals surface area contributed by atoms with Crippen molar-refractivity contribution >= 4 is 0 Å². The maximum atomic E-state index is 8.95. The normalized spacial score (nSPS) is 47.4. The lowest BCUT2D eigenvalue weighted by Crippen LogP contribution is -2.58. The van der Waals surface area contributed by atoms with E-state index in [0.717, 1.165) is 0 Å². The van der Waals surface area contributed by atoms with Crippen molar-refractivity contribution in [3.05, 3.63) is 0 Å². The standard InChI is InChI=1S/C6H12O4/c1-2-3(6(9)10)5(8)4(2)7/h2-10H,1H3. The summed E-state index contributed by atoms with van der Waals surface area (Å²) in [6.07, 6.45) is -3.30. The van der Waals surface area contributed by atoms with Crippen molar-refractivity contribution in [1.82, 2.24) is 0 Å². The second-order valence-electron chi connectivity index (χ2n) is 2.83. The van der Waals surface area contributed by atoms with Crippen LogP contribution < -0.4 is 0 Å². The minimum absolute atomic E-state index is 0.227. The fourth-order valence-corrected chi connectivity index (χ4v) is 1.38. The Labute approximate surface area is 58.7 Å². The topological polar surface area (TPSA) is 80.9 Å².